The lowest BCUT2D eigenvalue weighted by molar-refractivity contribution is -0.135. The minimum absolute atomic E-state index is 0.0489. The Morgan fingerprint density at radius 2 is 1.76 bits per heavy atom. The SMILES string of the molecule is COc1ccc(C(CC(=O)N2CCOCC2)NS(=O)(=O)c2ccc(F)cc2)cc1. The summed E-state index contributed by atoms with van der Waals surface area (Å²) in [5, 5.41) is 0. The molecule has 7 nitrogen and oxygen atoms in total. The Kier molecular flexibility index (Phi) is 6.83. The van der Waals surface area contributed by atoms with Crippen LogP contribution in [0.15, 0.2) is 53.4 Å². The number of hydrogen-bond acceptors (Lipinski definition) is 5. The second kappa shape index (κ2) is 9.34. The molecule has 3 rings (SSSR count). The van der Waals surface area contributed by atoms with Crippen LogP contribution in [0.1, 0.15) is 18.0 Å². The quantitative estimate of drug-likeness (QED) is 0.739. The van der Waals surface area contributed by atoms with E-state index in [1.165, 1.54) is 19.2 Å². The van der Waals surface area contributed by atoms with Crippen molar-refractivity contribution in [3.8, 4) is 5.75 Å². The predicted molar refractivity (Wildman–Crippen MR) is 104 cm³/mol. The number of benzene rings is 2. The van der Waals surface area contributed by atoms with Crippen LogP contribution in [0.5, 0.6) is 5.75 Å². The number of carbonyl (C=O) groups is 1. The smallest absolute Gasteiger partial charge is 0.241 e. The maximum atomic E-state index is 13.2. The summed E-state index contributed by atoms with van der Waals surface area (Å²) in [4.78, 5) is 14.3. The number of ether oxygens (including phenoxy) is 2. The van der Waals surface area contributed by atoms with E-state index in [0.717, 1.165) is 12.1 Å². The fourth-order valence-corrected chi connectivity index (χ4v) is 4.27. The number of nitrogens with zero attached hydrogens (tertiary/aromatic N) is 1. The van der Waals surface area contributed by atoms with Gasteiger partial charge in [-0.1, -0.05) is 12.1 Å². The van der Waals surface area contributed by atoms with Crippen molar-refractivity contribution in [1.29, 1.82) is 0 Å². The molecule has 1 heterocycles. The highest BCUT2D eigenvalue weighted by atomic mass is 32.2. The monoisotopic (exact) mass is 422 g/mol. The van der Waals surface area contributed by atoms with E-state index in [9.17, 15) is 17.6 Å². The maximum absolute atomic E-state index is 13.2. The van der Waals surface area contributed by atoms with Gasteiger partial charge < -0.3 is 14.4 Å². The summed E-state index contributed by atoms with van der Waals surface area (Å²) in [6.07, 6.45) is -0.0489. The van der Waals surface area contributed by atoms with E-state index < -0.39 is 21.9 Å². The Labute approximate surface area is 169 Å². The van der Waals surface area contributed by atoms with E-state index in [1.807, 2.05) is 0 Å². The number of halogens is 1. The molecule has 2 aromatic carbocycles. The summed E-state index contributed by atoms with van der Waals surface area (Å²) in [6, 6.07) is 10.6. The Morgan fingerprint density at radius 1 is 1.14 bits per heavy atom. The van der Waals surface area contributed by atoms with Crippen molar-refractivity contribution in [2.45, 2.75) is 17.4 Å². The van der Waals surface area contributed by atoms with E-state index in [4.69, 9.17) is 9.47 Å². The summed E-state index contributed by atoms with van der Waals surface area (Å²) in [5.41, 5.74) is 0.623. The molecule has 156 valence electrons. The van der Waals surface area contributed by atoms with Crippen LogP contribution in [0.4, 0.5) is 4.39 Å². The van der Waals surface area contributed by atoms with Crippen LogP contribution in [0.2, 0.25) is 0 Å². The fourth-order valence-electron chi connectivity index (χ4n) is 3.05. The van der Waals surface area contributed by atoms with Gasteiger partial charge >= 0.3 is 0 Å². The fraction of sp³-hybridized carbons (Fsp3) is 0.350. The minimum atomic E-state index is -3.96. The van der Waals surface area contributed by atoms with Gasteiger partial charge in [-0.15, -0.1) is 0 Å². The Hall–Kier alpha value is -2.49. The van der Waals surface area contributed by atoms with E-state index in [-0.39, 0.29) is 17.2 Å². The van der Waals surface area contributed by atoms with Crippen LogP contribution in [0.3, 0.4) is 0 Å². The van der Waals surface area contributed by atoms with Crippen molar-refractivity contribution in [2.24, 2.45) is 0 Å². The first-order valence-corrected chi connectivity index (χ1v) is 10.6. The summed E-state index contributed by atoms with van der Waals surface area (Å²) in [7, 11) is -2.43. The lowest BCUT2D eigenvalue weighted by atomic mass is 10.0. The highest BCUT2D eigenvalue weighted by molar-refractivity contribution is 7.89. The third-order valence-electron chi connectivity index (χ3n) is 4.68. The molecule has 0 aliphatic carbocycles. The summed E-state index contributed by atoms with van der Waals surface area (Å²) in [6.45, 7) is 1.86. The standard InChI is InChI=1S/C20H23FN2O5S/c1-27-17-6-2-15(3-7-17)19(14-20(24)23-10-12-28-13-11-23)22-29(25,26)18-8-4-16(21)5-9-18/h2-9,19,22H,10-14H2,1H3. The zero-order valence-electron chi connectivity index (χ0n) is 16.0. The van der Waals surface area contributed by atoms with Crippen LogP contribution < -0.4 is 9.46 Å². The number of nitrogens with one attached hydrogen (secondary N) is 1. The molecule has 0 bridgehead atoms. The molecule has 1 atom stereocenters. The van der Waals surface area contributed by atoms with E-state index in [0.29, 0.717) is 37.6 Å². The second-order valence-corrected chi connectivity index (χ2v) is 8.31. The van der Waals surface area contributed by atoms with Crippen molar-refractivity contribution in [3.05, 3.63) is 59.9 Å². The van der Waals surface area contributed by atoms with Gasteiger partial charge in [-0.05, 0) is 42.0 Å². The topological polar surface area (TPSA) is 84.9 Å². The molecule has 1 aliphatic heterocycles. The summed E-state index contributed by atoms with van der Waals surface area (Å²) >= 11 is 0. The minimum Gasteiger partial charge on any atom is -0.497 e. The molecular weight excluding hydrogens is 399 g/mol. The molecule has 1 saturated heterocycles. The van der Waals surface area contributed by atoms with Gasteiger partial charge in [0.1, 0.15) is 11.6 Å². The summed E-state index contributed by atoms with van der Waals surface area (Å²) in [5.74, 6) is -0.0810. The van der Waals surface area contributed by atoms with Gasteiger partial charge in [-0.3, -0.25) is 4.79 Å². The second-order valence-electron chi connectivity index (χ2n) is 6.60. The molecule has 0 aromatic heterocycles. The first-order valence-electron chi connectivity index (χ1n) is 9.16. The van der Waals surface area contributed by atoms with Crippen LogP contribution in [0.25, 0.3) is 0 Å². The molecule has 1 fully saturated rings. The lowest BCUT2D eigenvalue weighted by Crippen LogP contribution is -2.42. The summed E-state index contributed by atoms with van der Waals surface area (Å²) < 4.78 is 51.8. The first-order chi connectivity index (χ1) is 13.9. The average Bonchev–Trinajstić information content (AvgIpc) is 2.74. The van der Waals surface area contributed by atoms with Crippen LogP contribution in [-0.4, -0.2) is 52.6 Å². The van der Waals surface area contributed by atoms with Crippen molar-refractivity contribution >= 4 is 15.9 Å². The number of carbonyl (C=O) groups excluding carboxylic acids is 1. The first kappa shape index (κ1) is 21.2. The molecule has 1 amide bonds. The van der Waals surface area contributed by atoms with E-state index in [1.54, 1.807) is 29.2 Å². The molecule has 1 aliphatic rings. The lowest BCUT2D eigenvalue weighted by Gasteiger charge is -2.29. The average molecular weight is 422 g/mol. The number of sulfonamides is 1. The molecule has 9 heteroatoms. The molecular formula is C20H23FN2O5S. The van der Waals surface area contributed by atoms with Crippen LogP contribution in [-0.2, 0) is 19.6 Å². The number of hydrogen-bond donors (Lipinski definition) is 1. The molecule has 0 radical (unpaired) electrons. The molecule has 0 saturated carbocycles. The van der Waals surface area contributed by atoms with Gasteiger partial charge in [-0.2, -0.15) is 0 Å². The maximum Gasteiger partial charge on any atom is 0.241 e. The number of rotatable bonds is 7. The molecule has 2 aromatic rings. The van der Waals surface area contributed by atoms with Crippen molar-refractivity contribution in [3.63, 3.8) is 0 Å². The van der Waals surface area contributed by atoms with Crippen LogP contribution >= 0.6 is 0 Å². The van der Waals surface area contributed by atoms with Crippen molar-refractivity contribution in [2.75, 3.05) is 33.4 Å². The van der Waals surface area contributed by atoms with E-state index in [2.05, 4.69) is 4.72 Å². The molecule has 1 N–H and O–H groups in total. The van der Waals surface area contributed by atoms with Gasteiger partial charge in [0.2, 0.25) is 15.9 Å². The number of methoxy groups -OCH3 is 1. The Morgan fingerprint density at radius 3 is 2.34 bits per heavy atom. The third-order valence-corrected chi connectivity index (χ3v) is 6.17. The number of morpholine rings is 1. The number of amides is 1. The predicted octanol–water partition coefficient (Wildman–Crippen LogP) is 2.10. The largest absolute Gasteiger partial charge is 0.497 e. The van der Waals surface area contributed by atoms with Gasteiger partial charge in [0, 0.05) is 19.5 Å². The van der Waals surface area contributed by atoms with Gasteiger partial charge in [0.25, 0.3) is 0 Å². The van der Waals surface area contributed by atoms with Crippen molar-refractivity contribution in [1.82, 2.24) is 9.62 Å². The Balaban J connectivity index is 1.84. The van der Waals surface area contributed by atoms with E-state index >= 15 is 0 Å². The molecule has 29 heavy (non-hydrogen) atoms. The van der Waals surface area contributed by atoms with Gasteiger partial charge in [0.15, 0.2) is 0 Å². The molecule has 1 unspecified atom stereocenters. The highest BCUT2D eigenvalue weighted by Gasteiger charge is 2.26. The van der Waals surface area contributed by atoms with Crippen LogP contribution in [0, 0.1) is 5.82 Å². The third kappa shape index (κ3) is 5.53. The highest BCUT2D eigenvalue weighted by Crippen LogP contribution is 2.24. The Bertz CT molecular complexity index is 926. The van der Waals surface area contributed by atoms with Gasteiger partial charge in [-0.25, -0.2) is 17.5 Å². The van der Waals surface area contributed by atoms with Gasteiger partial charge in [0.05, 0.1) is 31.3 Å². The zero-order valence-corrected chi connectivity index (χ0v) is 16.8. The zero-order chi connectivity index (χ0) is 20.9. The molecule has 0 spiro atoms. The van der Waals surface area contributed by atoms with Crippen molar-refractivity contribution < 1.29 is 27.1 Å². The normalized spacial score (nSPS) is 15.7.